The van der Waals surface area contributed by atoms with Gasteiger partial charge in [0.25, 0.3) is 5.91 Å². The van der Waals surface area contributed by atoms with Gasteiger partial charge in [-0.3, -0.25) is 14.5 Å². The van der Waals surface area contributed by atoms with Crippen molar-refractivity contribution in [1.29, 1.82) is 0 Å². The van der Waals surface area contributed by atoms with Crippen molar-refractivity contribution in [3.8, 4) is 0 Å². The summed E-state index contributed by atoms with van der Waals surface area (Å²) in [7, 11) is 0. The van der Waals surface area contributed by atoms with Gasteiger partial charge < -0.3 is 15.1 Å². The summed E-state index contributed by atoms with van der Waals surface area (Å²) in [6.07, 6.45) is 1.74. The lowest BCUT2D eigenvalue weighted by Crippen LogP contribution is -2.52. The number of imide groups is 1. The van der Waals surface area contributed by atoms with Crippen LogP contribution in [0.25, 0.3) is 0 Å². The van der Waals surface area contributed by atoms with E-state index in [4.69, 9.17) is 0 Å². The van der Waals surface area contributed by atoms with Gasteiger partial charge in [-0.1, -0.05) is 12.1 Å². The van der Waals surface area contributed by atoms with Gasteiger partial charge in [0.2, 0.25) is 5.91 Å². The number of piperazine rings is 1. The smallest absolute Gasteiger partial charge is 0.325 e. The van der Waals surface area contributed by atoms with E-state index in [9.17, 15) is 18.8 Å². The molecule has 1 aromatic carbocycles. The standard InChI is InChI=1S/C19H20FN5O3S/c1-19(13-2-4-14(20)5-3-13)16(27)25(17(28)22-19)12-15(26)23-7-9-24(10-8-23)18-21-6-11-29-18/h2-6,11H,7-10,12H2,1H3,(H,22,28)/t19-/m1/s1. The third-order valence-corrected chi connectivity index (χ3v) is 6.14. The summed E-state index contributed by atoms with van der Waals surface area (Å²) < 4.78 is 13.2. The van der Waals surface area contributed by atoms with Gasteiger partial charge in [-0.25, -0.2) is 14.2 Å². The minimum atomic E-state index is -1.32. The first-order chi connectivity index (χ1) is 13.9. The minimum absolute atomic E-state index is 0.282. The molecule has 10 heteroatoms. The van der Waals surface area contributed by atoms with Crippen LogP contribution in [-0.2, 0) is 15.1 Å². The van der Waals surface area contributed by atoms with E-state index in [0.717, 1.165) is 10.0 Å². The summed E-state index contributed by atoms with van der Waals surface area (Å²) >= 11 is 1.55. The van der Waals surface area contributed by atoms with E-state index in [-0.39, 0.29) is 12.5 Å². The Morgan fingerprint density at radius 2 is 1.90 bits per heavy atom. The highest BCUT2D eigenvalue weighted by Crippen LogP contribution is 2.29. The van der Waals surface area contributed by atoms with E-state index in [1.165, 1.54) is 24.3 Å². The van der Waals surface area contributed by atoms with Crippen LogP contribution in [0.3, 0.4) is 0 Å². The van der Waals surface area contributed by atoms with Gasteiger partial charge in [-0.05, 0) is 24.6 Å². The Morgan fingerprint density at radius 3 is 2.52 bits per heavy atom. The Morgan fingerprint density at radius 1 is 1.21 bits per heavy atom. The van der Waals surface area contributed by atoms with Gasteiger partial charge in [0, 0.05) is 37.8 Å². The zero-order valence-corrected chi connectivity index (χ0v) is 16.6. The predicted octanol–water partition coefficient (Wildman–Crippen LogP) is 1.40. The maximum atomic E-state index is 13.2. The monoisotopic (exact) mass is 417 g/mol. The molecule has 29 heavy (non-hydrogen) atoms. The largest absolute Gasteiger partial charge is 0.345 e. The first-order valence-corrected chi connectivity index (χ1v) is 10.1. The number of thiazole rings is 1. The number of halogens is 1. The summed E-state index contributed by atoms with van der Waals surface area (Å²) in [5.41, 5.74) is -0.863. The van der Waals surface area contributed by atoms with Crippen LogP contribution in [-0.4, -0.2) is 65.4 Å². The summed E-state index contributed by atoms with van der Waals surface area (Å²) in [5.74, 6) is -1.24. The Hall–Kier alpha value is -3.01. The first kappa shape index (κ1) is 19.3. The molecule has 1 aromatic heterocycles. The van der Waals surface area contributed by atoms with E-state index < -0.39 is 23.3 Å². The average Bonchev–Trinajstić information content (AvgIpc) is 3.32. The van der Waals surface area contributed by atoms with Crippen molar-refractivity contribution in [3.63, 3.8) is 0 Å². The first-order valence-electron chi connectivity index (χ1n) is 9.21. The number of benzene rings is 1. The van der Waals surface area contributed by atoms with Gasteiger partial charge in [0.1, 0.15) is 17.9 Å². The van der Waals surface area contributed by atoms with Crippen LogP contribution < -0.4 is 10.2 Å². The van der Waals surface area contributed by atoms with E-state index >= 15 is 0 Å². The topological polar surface area (TPSA) is 85.8 Å². The Labute approximate surface area is 170 Å². The Kier molecular flexibility index (Phi) is 4.95. The molecule has 4 rings (SSSR count). The van der Waals surface area contributed by atoms with Gasteiger partial charge in [0.05, 0.1) is 0 Å². The number of nitrogens with one attached hydrogen (secondary N) is 1. The molecule has 2 aliphatic heterocycles. The molecule has 152 valence electrons. The molecule has 0 radical (unpaired) electrons. The number of rotatable bonds is 4. The van der Waals surface area contributed by atoms with E-state index in [0.29, 0.717) is 31.7 Å². The predicted molar refractivity (Wildman–Crippen MR) is 105 cm³/mol. The van der Waals surface area contributed by atoms with Crippen LogP contribution in [0.15, 0.2) is 35.8 Å². The normalized spacial score (nSPS) is 22.2. The molecule has 2 aromatic rings. The number of aromatic nitrogens is 1. The molecule has 2 aliphatic rings. The molecule has 0 unspecified atom stereocenters. The number of nitrogens with zero attached hydrogens (tertiary/aromatic N) is 4. The quantitative estimate of drug-likeness (QED) is 0.760. The third-order valence-electron chi connectivity index (χ3n) is 5.31. The Balaban J connectivity index is 1.40. The highest BCUT2D eigenvalue weighted by atomic mass is 32.1. The van der Waals surface area contributed by atoms with Crippen LogP contribution in [0.5, 0.6) is 0 Å². The molecule has 1 N–H and O–H groups in total. The number of carbonyl (C=O) groups is 3. The highest BCUT2D eigenvalue weighted by molar-refractivity contribution is 7.13. The number of hydrogen-bond donors (Lipinski definition) is 1. The summed E-state index contributed by atoms with van der Waals surface area (Å²) in [4.78, 5) is 47.0. The second-order valence-electron chi connectivity index (χ2n) is 7.14. The second-order valence-corrected chi connectivity index (χ2v) is 8.01. The lowest BCUT2D eigenvalue weighted by Gasteiger charge is -2.35. The van der Waals surface area contributed by atoms with Crippen LogP contribution in [0, 0.1) is 5.82 Å². The molecule has 2 fully saturated rings. The van der Waals surface area contributed by atoms with E-state index in [2.05, 4.69) is 15.2 Å². The summed E-state index contributed by atoms with van der Waals surface area (Å²) in [6, 6.07) is 4.75. The van der Waals surface area contributed by atoms with Crippen molar-refractivity contribution >= 4 is 34.3 Å². The molecular formula is C19H20FN5O3S. The molecule has 1 atom stereocenters. The van der Waals surface area contributed by atoms with Crippen molar-refractivity contribution in [1.82, 2.24) is 20.1 Å². The fraction of sp³-hybridized carbons (Fsp3) is 0.368. The van der Waals surface area contributed by atoms with Crippen LogP contribution in [0.1, 0.15) is 12.5 Å². The molecule has 3 heterocycles. The van der Waals surface area contributed by atoms with Gasteiger partial charge in [0.15, 0.2) is 5.13 Å². The number of carbonyl (C=O) groups excluding carboxylic acids is 3. The van der Waals surface area contributed by atoms with Crippen LogP contribution >= 0.6 is 11.3 Å². The van der Waals surface area contributed by atoms with E-state index in [1.54, 1.807) is 29.4 Å². The fourth-order valence-electron chi connectivity index (χ4n) is 3.57. The third kappa shape index (κ3) is 3.55. The number of anilines is 1. The fourth-order valence-corrected chi connectivity index (χ4v) is 4.27. The average molecular weight is 417 g/mol. The van der Waals surface area contributed by atoms with Gasteiger partial charge >= 0.3 is 6.03 Å². The molecular weight excluding hydrogens is 397 g/mol. The lowest BCUT2D eigenvalue weighted by atomic mass is 9.92. The molecule has 0 spiro atoms. The molecule has 4 amide bonds. The van der Waals surface area contributed by atoms with Gasteiger partial charge in [-0.2, -0.15) is 0 Å². The molecule has 0 saturated carbocycles. The van der Waals surface area contributed by atoms with E-state index in [1.807, 2.05) is 5.38 Å². The van der Waals surface area contributed by atoms with Crippen molar-refractivity contribution in [3.05, 3.63) is 47.2 Å². The van der Waals surface area contributed by atoms with Gasteiger partial charge in [-0.15, -0.1) is 11.3 Å². The molecule has 8 nitrogen and oxygen atoms in total. The summed E-state index contributed by atoms with van der Waals surface area (Å²) in [5, 5.41) is 5.45. The van der Waals surface area contributed by atoms with Crippen LogP contribution in [0.2, 0.25) is 0 Å². The number of amides is 4. The maximum absolute atomic E-state index is 13.2. The Bertz CT molecular complexity index is 928. The minimum Gasteiger partial charge on any atom is -0.345 e. The van der Waals surface area contributed by atoms with Crippen LogP contribution in [0.4, 0.5) is 14.3 Å². The molecule has 0 aliphatic carbocycles. The lowest BCUT2D eigenvalue weighted by molar-refractivity contribution is -0.139. The summed E-state index contributed by atoms with van der Waals surface area (Å²) in [6.45, 7) is 3.52. The highest BCUT2D eigenvalue weighted by Gasteiger charge is 2.49. The van der Waals surface area contributed by atoms with Crippen molar-refractivity contribution < 1.29 is 18.8 Å². The second kappa shape index (κ2) is 7.43. The zero-order chi connectivity index (χ0) is 20.6. The number of hydrogen-bond acceptors (Lipinski definition) is 6. The number of urea groups is 1. The molecule has 2 saturated heterocycles. The molecule has 0 bridgehead atoms. The maximum Gasteiger partial charge on any atom is 0.325 e. The van der Waals surface area contributed by atoms with Crippen molar-refractivity contribution in [2.24, 2.45) is 0 Å². The SMILES string of the molecule is C[C@]1(c2ccc(F)cc2)NC(=O)N(CC(=O)N2CCN(c3nccs3)CC2)C1=O. The zero-order valence-electron chi connectivity index (χ0n) is 15.8. The van der Waals surface area contributed by atoms with Crippen molar-refractivity contribution in [2.45, 2.75) is 12.5 Å². The van der Waals surface area contributed by atoms with Crippen molar-refractivity contribution in [2.75, 3.05) is 37.6 Å².